The Kier molecular flexibility index (Phi) is 4.70. The van der Waals surface area contributed by atoms with Gasteiger partial charge in [-0.3, -0.25) is 14.7 Å². The first-order chi connectivity index (χ1) is 8.79. The zero-order valence-electron chi connectivity index (χ0n) is 10.8. The maximum Gasteiger partial charge on any atom is 0.310 e. The van der Waals surface area contributed by atoms with Crippen molar-refractivity contribution in [1.82, 2.24) is 9.88 Å². The van der Waals surface area contributed by atoms with Crippen LogP contribution < -0.4 is 0 Å². The average molecular weight is 248 g/mol. The minimum atomic E-state index is -0.0526. The van der Waals surface area contributed by atoms with E-state index in [1.165, 1.54) is 0 Å². The minimum absolute atomic E-state index is 0.0300. The molecule has 1 fully saturated rings. The predicted molar refractivity (Wildman–Crippen MR) is 68.9 cm³/mol. The van der Waals surface area contributed by atoms with Gasteiger partial charge in [-0.15, -0.1) is 0 Å². The lowest BCUT2D eigenvalue weighted by Crippen LogP contribution is -2.39. The van der Waals surface area contributed by atoms with Crippen LogP contribution in [0.5, 0.6) is 0 Å². The number of nitrogens with zero attached hydrogens (tertiary/aromatic N) is 2. The van der Waals surface area contributed by atoms with E-state index in [-0.39, 0.29) is 11.9 Å². The molecule has 1 aromatic rings. The molecule has 4 nitrogen and oxygen atoms in total. The summed E-state index contributed by atoms with van der Waals surface area (Å²) in [6, 6.07) is 5.93. The first-order valence-electron chi connectivity index (χ1n) is 6.58. The summed E-state index contributed by atoms with van der Waals surface area (Å²) < 4.78 is 5.10. The van der Waals surface area contributed by atoms with Gasteiger partial charge in [-0.05, 0) is 38.4 Å². The molecule has 1 aliphatic heterocycles. The molecule has 4 heteroatoms. The molecule has 0 unspecified atom stereocenters. The van der Waals surface area contributed by atoms with Gasteiger partial charge < -0.3 is 4.74 Å². The van der Waals surface area contributed by atoms with Gasteiger partial charge in [-0.25, -0.2) is 0 Å². The number of likely N-dealkylation sites (tertiary alicyclic amines) is 1. The summed E-state index contributed by atoms with van der Waals surface area (Å²) in [6.07, 6.45) is 3.80. The molecular weight excluding hydrogens is 228 g/mol. The van der Waals surface area contributed by atoms with E-state index < -0.39 is 0 Å². The number of aromatic nitrogens is 1. The van der Waals surface area contributed by atoms with E-state index in [0.717, 1.165) is 38.2 Å². The van der Waals surface area contributed by atoms with E-state index in [9.17, 15) is 4.79 Å². The van der Waals surface area contributed by atoms with Gasteiger partial charge in [0.15, 0.2) is 0 Å². The van der Waals surface area contributed by atoms with Crippen molar-refractivity contribution in [1.29, 1.82) is 0 Å². The molecule has 1 atom stereocenters. The van der Waals surface area contributed by atoms with Crippen molar-refractivity contribution < 1.29 is 9.53 Å². The molecule has 0 amide bonds. The zero-order valence-corrected chi connectivity index (χ0v) is 10.8. The summed E-state index contributed by atoms with van der Waals surface area (Å²) >= 11 is 0. The smallest absolute Gasteiger partial charge is 0.310 e. The molecule has 0 saturated carbocycles. The summed E-state index contributed by atoms with van der Waals surface area (Å²) in [5.41, 5.74) is 1.06. The van der Waals surface area contributed by atoms with Crippen molar-refractivity contribution in [3.05, 3.63) is 30.1 Å². The Morgan fingerprint density at radius 3 is 3.17 bits per heavy atom. The van der Waals surface area contributed by atoms with Crippen molar-refractivity contribution >= 4 is 5.97 Å². The number of piperidine rings is 1. The van der Waals surface area contributed by atoms with Crippen LogP contribution in [0.25, 0.3) is 0 Å². The Labute approximate surface area is 108 Å². The van der Waals surface area contributed by atoms with E-state index in [1.54, 1.807) is 0 Å². The summed E-state index contributed by atoms with van der Waals surface area (Å²) in [5, 5.41) is 0. The van der Waals surface area contributed by atoms with Gasteiger partial charge in [0.05, 0.1) is 18.2 Å². The molecule has 0 aliphatic carbocycles. The Morgan fingerprint density at radius 1 is 1.56 bits per heavy atom. The van der Waals surface area contributed by atoms with Crippen molar-refractivity contribution in [3.63, 3.8) is 0 Å². The Balaban J connectivity index is 1.89. The van der Waals surface area contributed by atoms with E-state index in [2.05, 4.69) is 9.88 Å². The number of carbonyl (C=O) groups is 1. The molecule has 18 heavy (non-hydrogen) atoms. The number of carbonyl (C=O) groups excluding carboxylic acids is 1. The molecule has 0 N–H and O–H groups in total. The maximum atomic E-state index is 11.7. The monoisotopic (exact) mass is 248 g/mol. The van der Waals surface area contributed by atoms with Gasteiger partial charge >= 0.3 is 5.97 Å². The van der Waals surface area contributed by atoms with Crippen LogP contribution in [0.1, 0.15) is 25.5 Å². The van der Waals surface area contributed by atoms with Gasteiger partial charge in [0.1, 0.15) is 0 Å². The van der Waals surface area contributed by atoms with Gasteiger partial charge in [0.25, 0.3) is 0 Å². The molecule has 0 bridgehead atoms. The summed E-state index contributed by atoms with van der Waals surface area (Å²) in [4.78, 5) is 18.3. The Bertz CT molecular complexity index is 381. The quantitative estimate of drug-likeness (QED) is 0.763. The normalized spacial score (nSPS) is 20.6. The molecule has 0 spiro atoms. The van der Waals surface area contributed by atoms with Crippen LogP contribution in [0.3, 0.4) is 0 Å². The van der Waals surface area contributed by atoms with Crippen molar-refractivity contribution in [2.45, 2.75) is 26.3 Å². The highest BCUT2D eigenvalue weighted by Crippen LogP contribution is 2.19. The lowest BCUT2D eigenvalue weighted by atomic mass is 9.98. The zero-order chi connectivity index (χ0) is 12.8. The van der Waals surface area contributed by atoms with Crippen molar-refractivity contribution in [3.8, 4) is 0 Å². The summed E-state index contributed by atoms with van der Waals surface area (Å²) in [5.74, 6) is -0.0226. The van der Waals surface area contributed by atoms with Crippen LogP contribution in [-0.2, 0) is 16.1 Å². The second-order valence-electron chi connectivity index (χ2n) is 4.65. The van der Waals surface area contributed by atoms with Crippen molar-refractivity contribution in [2.75, 3.05) is 19.7 Å². The summed E-state index contributed by atoms with van der Waals surface area (Å²) in [6.45, 7) is 4.96. The van der Waals surface area contributed by atoms with E-state index in [1.807, 2.05) is 31.3 Å². The van der Waals surface area contributed by atoms with Gasteiger partial charge in [-0.1, -0.05) is 6.07 Å². The largest absolute Gasteiger partial charge is 0.466 e. The summed E-state index contributed by atoms with van der Waals surface area (Å²) in [7, 11) is 0. The van der Waals surface area contributed by atoms with Gasteiger partial charge in [-0.2, -0.15) is 0 Å². The highest BCUT2D eigenvalue weighted by molar-refractivity contribution is 5.72. The van der Waals surface area contributed by atoms with Gasteiger partial charge in [0, 0.05) is 19.3 Å². The fourth-order valence-corrected chi connectivity index (χ4v) is 2.37. The fraction of sp³-hybridized carbons (Fsp3) is 0.571. The molecule has 0 aromatic carbocycles. The van der Waals surface area contributed by atoms with Crippen LogP contribution in [0.15, 0.2) is 24.4 Å². The van der Waals surface area contributed by atoms with Crippen LogP contribution >= 0.6 is 0 Å². The standard InChI is InChI=1S/C14H20N2O2/c1-2-18-14(17)12-6-5-9-16(10-12)11-13-7-3-4-8-15-13/h3-4,7-8,12H,2,5-6,9-11H2,1H3/t12-/m1/s1. The first-order valence-corrected chi connectivity index (χ1v) is 6.58. The molecule has 1 saturated heterocycles. The SMILES string of the molecule is CCOC(=O)[C@@H]1CCCN(Cc2ccccn2)C1. The number of rotatable bonds is 4. The Morgan fingerprint density at radius 2 is 2.44 bits per heavy atom. The third kappa shape index (κ3) is 3.53. The van der Waals surface area contributed by atoms with Crippen molar-refractivity contribution in [2.24, 2.45) is 5.92 Å². The first kappa shape index (κ1) is 13.0. The van der Waals surface area contributed by atoms with E-state index >= 15 is 0 Å². The molecule has 2 heterocycles. The fourth-order valence-electron chi connectivity index (χ4n) is 2.37. The third-order valence-corrected chi connectivity index (χ3v) is 3.24. The highest BCUT2D eigenvalue weighted by atomic mass is 16.5. The lowest BCUT2D eigenvalue weighted by molar-refractivity contribution is -0.150. The van der Waals surface area contributed by atoms with E-state index in [0.29, 0.717) is 6.61 Å². The number of pyridine rings is 1. The number of hydrogen-bond donors (Lipinski definition) is 0. The minimum Gasteiger partial charge on any atom is -0.466 e. The van der Waals surface area contributed by atoms with Crippen LogP contribution in [0.2, 0.25) is 0 Å². The second-order valence-corrected chi connectivity index (χ2v) is 4.65. The third-order valence-electron chi connectivity index (χ3n) is 3.24. The molecular formula is C14H20N2O2. The van der Waals surface area contributed by atoms with E-state index in [4.69, 9.17) is 4.74 Å². The average Bonchev–Trinajstić information content (AvgIpc) is 2.40. The topological polar surface area (TPSA) is 42.4 Å². The van der Waals surface area contributed by atoms with Crippen LogP contribution in [-0.4, -0.2) is 35.5 Å². The molecule has 2 rings (SSSR count). The number of esters is 1. The Hall–Kier alpha value is -1.42. The maximum absolute atomic E-state index is 11.7. The molecule has 98 valence electrons. The second kappa shape index (κ2) is 6.50. The molecule has 0 radical (unpaired) electrons. The number of hydrogen-bond acceptors (Lipinski definition) is 4. The molecule has 1 aromatic heterocycles. The highest BCUT2D eigenvalue weighted by Gasteiger charge is 2.26. The predicted octanol–water partition coefficient (Wildman–Crippen LogP) is 1.86. The lowest BCUT2D eigenvalue weighted by Gasteiger charge is -2.31. The van der Waals surface area contributed by atoms with Gasteiger partial charge in [0.2, 0.25) is 0 Å². The number of ether oxygens (including phenoxy) is 1. The van der Waals surface area contributed by atoms with Crippen LogP contribution in [0.4, 0.5) is 0 Å². The van der Waals surface area contributed by atoms with Crippen LogP contribution in [0, 0.1) is 5.92 Å². The molecule has 1 aliphatic rings.